The lowest BCUT2D eigenvalue weighted by Crippen LogP contribution is -2.32. The van der Waals surface area contributed by atoms with Gasteiger partial charge in [0.2, 0.25) is 0 Å². The number of alkyl halides is 1. The second-order valence-corrected chi connectivity index (χ2v) is 8.06. The quantitative estimate of drug-likeness (QED) is 0.358. The molecule has 0 N–H and O–H groups in total. The van der Waals surface area contributed by atoms with Crippen molar-refractivity contribution in [3.63, 3.8) is 0 Å². The van der Waals surface area contributed by atoms with E-state index in [9.17, 15) is 0 Å². The van der Waals surface area contributed by atoms with Crippen LogP contribution >= 0.6 is 34.8 Å². The average molecular weight is 469 g/mol. The molecule has 160 valence electrons. The third-order valence-corrected chi connectivity index (χ3v) is 5.65. The third-order valence-electron chi connectivity index (χ3n) is 4.82. The number of rotatable bonds is 10. The van der Waals surface area contributed by atoms with Crippen LogP contribution in [0.25, 0.3) is 0 Å². The Balaban J connectivity index is 1.92. The first-order valence-corrected chi connectivity index (χ1v) is 10.8. The van der Waals surface area contributed by atoms with Crippen LogP contribution in [0.15, 0.2) is 54.9 Å². The molecular weight excluding hydrogens is 445 g/mol. The van der Waals surface area contributed by atoms with Gasteiger partial charge in [-0.1, -0.05) is 23.2 Å². The predicted molar refractivity (Wildman–Crippen MR) is 122 cm³/mol. The maximum absolute atomic E-state index is 6.30. The molecule has 3 aromatic rings. The first-order valence-electron chi connectivity index (χ1n) is 9.46. The van der Waals surface area contributed by atoms with Crippen molar-refractivity contribution in [1.82, 2.24) is 14.7 Å². The molecule has 1 unspecified atom stereocenters. The highest BCUT2D eigenvalue weighted by Crippen LogP contribution is 2.28. The normalized spacial score (nSPS) is 12.2. The average Bonchev–Trinajstić information content (AvgIpc) is 3.27. The number of hydrogen-bond acceptors (Lipinski definition) is 4. The summed E-state index contributed by atoms with van der Waals surface area (Å²) in [4.78, 5) is 2.26. The van der Waals surface area contributed by atoms with Crippen LogP contribution in [0.1, 0.15) is 17.2 Å². The molecule has 0 amide bonds. The summed E-state index contributed by atoms with van der Waals surface area (Å²) in [5.74, 6) is 1.99. The largest absolute Gasteiger partial charge is 0.496 e. The number of hydrogen-bond donors (Lipinski definition) is 0. The summed E-state index contributed by atoms with van der Waals surface area (Å²) in [7, 11) is 3.31. The Hall–Kier alpha value is -1.92. The zero-order valence-electron chi connectivity index (χ0n) is 16.9. The van der Waals surface area contributed by atoms with Crippen molar-refractivity contribution in [1.29, 1.82) is 0 Å². The molecule has 1 aromatic heterocycles. The molecule has 0 bridgehead atoms. The summed E-state index contributed by atoms with van der Waals surface area (Å²) in [6.07, 6.45) is 3.68. The van der Waals surface area contributed by atoms with Crippen LogP contribution in [-0.4, -0.2) is 41.3 Å². The number of ether oxygens (including phenoxy) is 2. The summed E-state index contributed by atoms with van der Waals surface area (Å²) < 4.78 is 13.0. The van der Waals surface area contributed by atoms with Crippen LogP contribution in [0.5, 0.6) is 11.5 Å². The maximum atomic E-state index is 6.30. The molecule has 0 spiro atoms. The molecule has 8 heteroatoms. The van der Waals surface area contributed by atoms with Gasteiger partial charge in [0, 0.05) is 59.1 Å². The van der Waals surface area contributed by atoms with Gasteiger partial charge >= 0.3 is 0 Å². The second kappa shape index (κ2) is 10.9. The predicted octanol–water partition coefficient (Wildman–Crippen LogP) is 5.69. The molecule has 5 nitrogen and oxygen atoms in total. The van der Waals surface area contributed by atoms with Gasteiger partial charge < -0.3 is 9.47 Å². The van der Waals surface area contributed by atoms with Crippen molar-refractivity contribution in [2.45, 2.75) is 19.1 Å². The Bertz CT molecular complexity index is 895. The van der Waals surface area contributed by atoms with E-state index in [0.717, 1.165) is 22.6 Å². The van der Waals surface area contributed by atoms with Crippen LogP contribution in [0.2, 0.25) is 10.0 Å². The molecule has 30 heavy (non-hydrogen) atoms. The Labute approximate surface area is 192 Å². The zero-order chi connectivity index (χ0) is 21.5. The van der Waals surface area contributed by atoms with Crippen LogP contribution in [0, 0.1) is 0 Å². The molecule has 0 radical (unpaired) electrons. The van der Waals surface area contributed by atoms with Crippen LogP contribution in [-0.2, 0) is 13.1 Å². The van der Waals surface area contributed by atoms with Crippen molar-refractivity contribution in [3.05, 3.63) is 76.0 Å². The molecular formula is C22H24Cl3N3O2. The molecule has 1 heterocycles. The van der Waals surface area contributed by atoms with Gasteiger partial charge in [0.05, 0.1) is 20.3 Å². The molecule has 3 rings (SSSR count). The molecule has 0 aliphatic rings. The Morgan fingerprint density at radius 1 is 0.967 bits per heavy atom. The van der Waals surface area contributed by atoms with Crippen molar-refractivity contribution >= 4 is 34.8 Å². The minimum Gasteiger partial charge on any atom is -0.496 e. The summed E-state index contributed by atoms with van der Waals surface area (Å²) in [5.41, 5.74) is 1.97. The van der Waals surface area contributed by atoms with Gasteiger partial charge in [0.25, 0.3) is 0 Å². The fraction of sp³-hybridized carbons (Fsp3) is 0.318. The minimum absolute atomic E-state index is 0.00275. The van der Waals surface area contributed by atoms with E-state index in [2.05, 4.69) is 10.00 Å². The summed E-state index contributed by atoms with van der Waals surface area (Å²) in [6, 6.07) is 13.1. The van der Waals surface area contributed by atoms with Gasteiger partial charge in [-0.3, -0.25) is 9.58 Å². The molecule has 0 aliphatic carbocycles. The lowest BCUT2D eigenvalue weighted by atomic mass is 10.1. The molecule has 0 saturated heterocycles. The van der Waals surface area contributed by atoms with Gasteiger partial charge in [0.1, 0.15) is 11.5 Å². The number of nitrogens with zero attached hydrogens (tertiary/aromatic N) is 3. The second-order valence-electron chi connectivity index (χ2n) is 6.88. The SMILES string of the molecule is COc1ccc(Cl)cc1CN(Cc1cc(Cl)ccc1OC)CC(CCl)n1cccn1. The molecule has 0 saturated carbocycles. The number of halogens is 3. The van der Waals surface area contributed by atoms with E-state index in [-0.39, 0.29) is 6.04 Å². The van der Waals surface area contributed by atoms with E-state index >= 15 is 0 Å². The molecule has 1 atom stereocenters. The van der Waals surface area contributed by atoms with Gasteiger partial charge in [-0.15, -0.1) is 11.6 Å². The monoisotopic (exact) mass is 467 g/mol. The Morgan fingerprint density at radius 2 is 1.53 bits per heavy atom. The fourth-order valence-electron chi connectivity index (χ4n) is 3.41. The van der Waals surface area contributed by atoms with Crippen LogP contribution in [0.4, 0.5) is 0 Å². The summed E-state index contributed by atoms with van der Waals surface area (Å²) in [6.45, 7) is 1.87. The summed E-state index contributed by atoms with van der Waals surface area (Å²) in [5, 5.41) is 5.68. The van der Waals surface area contributed by atoms with Gasteiger partial charge in [0.15, 0.2) is 0 Å². The molecule has 2 aromatic carbocycles. The first-order chi connectivity index (χ1) is 14.5. The first kappa shape index (κ1) is 22.8. The number of benzene rings is 2. The topological polar surface area (TPSA) is 39.5 Å². The number of methoxy groups -OCH3 is 2. The Morgan fingerprint density at radius 3 is 1.97 bits per heavy atom. The minimum atomic E-state index is -0.00275. The molecule has 0 fully saturated rings. The van der Waals surface area contributed by atoms with E-state index in [1.54, 1.807) is 20.4 Å². The van der Waals surface area contributed by atoms with E-state index in [0.29, 0.717) is 35.6 Å². The van der Waals surface area contributed by atoms with Crippen molar-refractivity contribution < 1.29 is 9.47 Å². The van der Waals surface area contributed by atoms with Crippen LogP contribution in [0.3, 0.4) is 0 Å². The van der Waals surface area contributed by atoms with Gasteiger partial charge in [-0.05, 0) is 42.5 Å². The molecule has 0 aliphatic heterocycles. The zero-order valence-corrected chi connectivity index (χ0v) is 19.2. The van der Waals surface area contributed by atoms with E-state index in [1.165, 1.54) is 0 Å². The highest BCUT2D eigenvalue weighted by Gasteiger charge is 2.19. The van der Waals surface area contributed by atoms with Crippen molar-refractivity contribution in [2.75, 3.05) is 26.6 Å². The smallest absolute Gasteiger partial charge is 0.123 e. The standard InChI is InChI=1S/C22H24Cl3N3O2/c1-29-21-6-4-18(24)10-16(21)13-27(15-20(12-23)28-9-3-8-26-28)14-17-11-19(25)5-7-22(17)30-2/h3-11,20H,12-15H2,1-2H3. The van der Waals surface area contributed by atoms with Gasteiger partial charge in [-0.25, -0.2) is 0 Å². The number of aromatic nitrogens is 2. The van der Waals surface area contributed by atoms with Gasteiger partial charge in [-0.2, -0.15) is 5.10 Å². The highest BCUT2D eigenvalue weighted by atomic mass is 35.5. The van der Waals surface area contributed by atoms with Crippen LogP contribution < -0.4 is 9.47 Å². The van der Waals surface area contributed by atoms with E-state index in [1.807, 2.05) is 53.3 Å². The van der Waals surface area contributed by atoms with E-state index in [4.69, 9.17) is 44.3 Å². The van der Waals surface area contributed by atoms with Crippen molar-refractivity contribution in [2.24, 2.45) is 0 Å². The fourth-order valence-corrected chi connectivity index (χ4v) is 4.03. The summed E-state index contributed by atoms with van der Waals surface area (Å²) >= 11 is 18.8. The maximum Gasteiger partial charge on any atom is 0.123 e. The lowest BCUT2D eigenvalue weighted by molar-refractivity contribution is 0.212. The Kier molecular flexibility index (Phi) is 8.28. The highest BCUT2D eigenvalue weighted by molar-refractivity contribution is 6.31. The lowest BCUT2D eigenvalue weighted by Gasteiger charge is -2.28. The van der Waals surface area contributed by atoms with Crippen molar-refractivity contribution in [3.8, 4) is 11.5 Å². The third kappa shape index (κ3) is 5.82. The van der Waals surface area contributed by atoms with E-state index < -0.39 is 0 Å².